The first kappa shape index (κ1) is 34.2. The Labute approximate surface area is 303 Å². The number of fused-ring (bicyclic) bond motifs is 6. The van der Waals surface area contributed by atoms with Crippen LogP contribution >= 0.6 is 0 Å². The van der Waals surface area contributed by atoms with E-state index in [4.69, 9.17) is 6.57 Å². The fourth-order valence-corrected chi connectivity index (χ4v) is 7.51. The molecule has 0 spiro atoms. The van der Waals surface area contributed by atoms with E-state index in [1.165, 1.54) is 12.1 Å². The van der Waals surface area contributed by atoms with Gasteiger partial charge in [0.05, 0.1) is 45.6 Å². The molecule has 2 aromatic heterocycles. The Hall–Kier alpha value is -5.94. The summed E-state index contributed by atoms with van der Waals surface area (Å²) < 4.78 is 79.7. The second-order valence-electron chi connectivity index (χ2n) is 15.6. The Bertz CT molecular complexity index is 2850. The number of hydrogen-bond acceptors (Lipinski definition) is 0. The highest BCUT2D eigenvalue weighted by molar-refractivity contribution is 6.13. The first-order valence-corrected chi connectivity index (χ1v) is 17.3. The Morgan fingerprint density at radius 3 is 1.42 bits per heavy atom. The highest BCUT2D eigenvalue weighted by Crippen LogP contribution is 2.48. The lowest BCUT2D eigenvalue weighted by molar-refractivity contribution is 0.381. The molecule has 0 fully saturated rings. The molecule has 2 heterocycles. The molecule has 0 saturated carbocycles. The van der Waals surface area contributed by atoms with Crippen LogP contribution in [0.3, 0.4) is 0 Å². The van der Waals surface area contributed by atoms with Gasteiger partial charge in [-0.1, -0.05) is 96.1 Å². The second kappa shape index (κ2) is 11.8. The van der Waals surface area contributed by atoms with E-state index in [0.29, 0.717) is 16.7 Å². The van der Waals surface area contributed by atoms with Crippen molar-refractivity contribution in [3.63, 3.8) is 0 Å². The SMILES string of the molecule is [C-]#[N+]c1c(-n2c3ccccc3c3cc(C(C)(C)C)ccc32)ccc(-c2c(F)c(F)c(F)c(F)c2F)c1-n1c2ccccc2c2cc(C(C)(C)C)ccc21. The maximum Gasteiger partial charge on any atom is 0.234 e. The van der Waals surface area contributed by atoms with Gasteiger partial charge >= 0.3 is 0 Å². The van der Waals surface area contributed by atoms with Crippen LogP contribution in [0.5, 0.6) is 0 Å². The van der Waals surface area contributed by atoms with Crippen molar-refractivity contribution >= 4 is 49.3 Å². The smallest absolute Gasteiger partial charge is 0.234 e. The predicted octanol–water partition coefficient (Wildman–Crippen LogP) is 13.4. The van der Waals surface area contributed by atoms with Crippen molar-refractivity contribution in [1.29, 1.82) is 0 Å². The average molecular weight is 712 g/mol. The number of hydrogen-bond donors (Lipinski definition) is 0. The molecule has 8 rings (SSSR count). The Balaban J connectivity index is 1.58. The third-order valence-electron chi connectivity index (χ3n) is 10.3. The minimum atomic E-state index is -2.25. The summed E-state index contributed by atoms with van der Waals surface area (Å²) in [7, 11) is 0. The van der Waals surface area contributed by atoms with Gasteiger partial charge in [0.1, 0.15) is 0 Å². The third kappa shape index (κ3) is 5.05. The van der Waals surface area contributed by atoms with Gasteiger partial charge in [0.15, 0.2) is 23.3 Å². The van der Waals surface area contributed by atoms with E-state index in [0.717, 1.165) is 43.7 Å². The minimum Gasteiger partial charge on any atom is -0.319 e. The van der Waals surface area contributed by atoms with Gasteiger partial charge < -0.3 is 9.13 Å². The summed E-state index contributed by atoms with van der Waals surface area (Å²) in [4.78, 5) is 4.03. The van der Waals surface area contributed by atoms with Gasteiger partial charge in [-0.2, -0.15) is 0 Å². The lowest BCUT2D eigenvalue weighted by Crippen LogP contribution is -2.11. The first-order valence-electron chi connectivity index (χ1n) is 17.3. The van der Waals surface area contributed by atoms with Crippen LogP contribution in [0.25, 0.3) is 71.0 Å². The molecule has 0 bridgehead atoms. The summed E-state index contributed by atoms with van der Waals surface area (Å²) in [6, 6.07) is 30.1. The Kier molecular flexibility index (Phi) is 7.60. The minimum absolute atomic E-state index is 0.00680. The molecule has 264 valence electrons. The lowest BCUT2D eigenvalue weighted by Gasteiger charge is -2.22. The van der Waals surface area contributed by atoms with Crippen LogP contribution in [0.15, 0.2) is 97.1 Å². The molecule has 6 aromatic carbocycles. The van der Waals surface area contributed by atoms with E-state index < -0.39 is 34.6 Å². The molecule has 8 heteroatoms. The van der Waals surface area contributed by atoms with Crippen molar-refractivity contribution in [3.05, 3.63) is 149 Å². The summed E-state index contributed by atoms with van der Waals surface area (Å²) in [6.07, 6.45) is 0. The number of benzene rings is 6. The molecule has 0 amide bonds. The van der Waals surface area contributed by atoms with Crippen molar-refractivity contribution < 1.29 is 22.0 Å². The molecular weight excluding hydrogens is 678 g/mol. The van der Waals surface area contributed by atoms with E-state index in [9.17, 15) is 13.2 Å². The number of para-hydroxylation sites is 2. The molecule has 0 aliphatic rings. The van der Waals surface area contributed by atoms with Gasteiger partial charge in [-0.25, -0.2) is 26.8 Å². The highest BCUT2D eigenvalue weighted by atomic mass is 19.2. The molecule has 0 atom stereocenters. The van der Waals surface area contributed by atoms with E-state index >= 15 is 8.78 Å². The van der Waals surface area contributed by atoms with Crippen molar-refractivity contribution in [2.45, 2.75) is 52.4 Å². The number of nitrogens with zero attached hydrogens (tertiary/aromatic N) is 3. The quantitative estimate of drug-likeness (QED) is 0.0750. The molecule has 8 aromatic rings. The average Bonchev–Trinajstić information content (AvgIpc) is 3.64. The van der Waals surface area contributed by atoms with Gasteiger partial charge in [-0.3, -0.25) is 0 Å². The summed E-state index contributed by atoms with van der Waals surface area (Å²) in [5.41, 5.74) is 3.47. The fraction of sp³-hybridized carbons (Fsp3) is 0.178. The molecule has 3 nitrogen and oxygen atoms in total. The zero-order valence-corrected chi connectivity index (χ0v) is 30.0. The molecule has 0 radical (unpaired) electrons. The standard InChI is InChI=1S/C45H34F5N3/c1-44(2,3)24-16-19-33-29(22-24)26-12-8-10-14-31(26)52(33)35-21-18-28(36-37(46)39(48)41(50)40(49)38(36)47)43(42(35)51-7)53-32-15-11-9-13-27(32)30-23-25(45(4,5)6)17-20-34(30)53/h8-23H,1-6H3. The maximum absolute atomic E-state index is 15.9. The normalized spacial score (nSPS) is 12.4. The molecule has 0 saturated heterocycles. The van der Waals surface area contributed by atoms with Crippen LogP contribution < -0.4 is 0 Å². The summed E-state index contributed by atoms with van der Waals surface area (Å²) in [5.74, 6) is -10.3. The maximum atomic E-state index is 15.9. The van der Waals surface area contributed by atoms with Crippen molar-refractivity contribution in [3.8, 4) is 22.5 Å². The largest absolute Gasteiger partial charge is 0.319 e. The van der Waals surface area contributed by atoms with Crippen molar-refractivity contribution in [2.75, 3.05) is 0 Å². The van der Waals surface area contributed by atoms with Crippen LogP contribution in [0.2, 0.25) is 0 Å². The van der Waals surface area contributed by atoms with Crippen LogP contribution in [0, 0.1) is 35.7 Å². The monoisotopic (exact) mass is 711 g/mol. The summed E-state index contributed by atoms with van der Waals surface area (Å²) in [5, 5.41) is 3.48. The molecule has 53 heavy (non-hydrogen) atoms. The Morgan fingerprint density at radius 2 is 0.925 bits per heavy atom. The van der Waals surface area contributed by atoms with Gasteiger partial charge in [0.25, 0.3) is 0 Å². The van der Waals surface area contributed by atoms with Crippen LogP contribution in [0.4, 0.5) is 27.6 Å². The molecule has 0 aliphatic heterocycles. The molecule has 0 aliphatic carbocycles. The summed E-state index contributed by atoms with van der Waals surface area (Å²) in [6.45, 7) is 21.3. The van der Waals surface area contributed by atoms with Gasteiger partial charge in [0.2, 0.25) is 11.5 Å². The van der Waals surface area contributed by atoms with E-state index in [2.05, 4.69) is 52.5 Å². The zero-order valence-electron chi connectivity index (χ0n) is 30.0. The van der Waals surface area contributed by atoms with Gasteiger partial charge in [-0.05, 0) is 64.4 Å². The molecular formula is C45H34F5N3. The highest BCUT2D eigenvalue weighted by Gasteiger charge is 2.32. The van der Waals surface area contributed by atoms with Gasteiger partial charge in [0, 0.05) is 27.1 Å². The third-order valence-corrected chi connectivity index (χ3v) is 10.3. The van der Waals surface area contributed by atoms with Crippen LogP contribution in [0.1, 0.15) is 52.7 Å². The summed E-state index contributed by atoms with van der Waals surface area (Å²) >= 11 is 0. The zero-order chi connectivity index (χ0) is 37.7. The predicted molar refractivity (Wildman–Crippen MR) is 204 cm³/mol. The number of aromatic nitrogens is 2. The topological polar surface area (TPSA) is 14.2 Å². The van der Waals surface area contributed by atoms with Crippen molar-refractivity contribution in [2.24, 2.45) is 0 Å². The van der Waals surface area contributed by atoms with E-state index in [-0.39, 0.29) is 27.8 Å². The fourth-order valence-electron chi connectivity index (χ4n) is 7.51. The van der Waals surface area contributed by atoms with Crippen LogP contribution in [-0.2, 0) is 10.8 Å². The lowest BCUT2D eigenvalue weighted by atomic mass is 9.86. The number of halogens is 5. The second-order valence-corrected chi connectivity index (χ2v) is 15.6. The van der Waals surface area contributed by atoms with E-state index in [1.54, 1.807) is 4.57 Å². The molecule has 0 unspecified atom stereocenters. The van der Waals surface area contributed by atoms with E-state index in [1.807, 2.05) is 83.4 Å². The van der Waals surface area contributed by atoms with Gasteiger partial charge in [-0.15, -0.1) is 0 Å². The van der Waals surface area contributed by atoms with Crippen molar-refractivity contribution in [1.82, 2.24) is 9.13 Å². The first-order chi connectivity index (χ1) is 25.1. The Morgan fingerprint density at radius 1 is 0.491 bits per heavy atom. The van der Waals surface area contributed by atoms with Crippen LogP contribution in [-0.4, -0.2) is 9.13 Å². The molecule has 0 N–H and O–H groups in total. The number of rotatable bonds is 3.